The Labute approximate surface area is 239 Å². The molecule has 0 aromatic heterocycles. The molecule has 218 valence electrons. The van der Waals surface area contributed by atoms with Gasteiger partial charge < -0.3 is 38.4 Å². The third kappa shape index (κ3) is 5.49. The number of halogens is 1. The first kappa shape index (κ1) is 28.5. The van der Waals surface area contributed by atoms with Crippen LogP contribution in [0.3, 0.4) is 0 Å². The summed E-state index contributed by atoms with van der Waals surface area (Å²) in [6.07, 6.45) is -0.975. The van der Waals surface area contributed by atoms with Crippen molar-refractivity contribution in [2.45, 2.75) is 37.3 Å². The molecule has 1 N–H and O–H groups in total. The number of amidine groups is 1. The highest BCUT2D eigenvalue weighted by molar-refractivity contribution is 5.76. The molecule has 2 aliphatic heterocycles. The minimum Gasteiger partial charge on any atom is -0.497 e. The summed E-state index contributed by atoms with van der Waals surface area (Å²) in [6, 6.07) is 18.0. The second kappa shape index (κ2) is 12.2. The molecule has 41 heavy (non-hydrogen) atoms. The Morgan fingerprint density at radius 1 is 0.902 bits per heavy atom. The first-order chi connectivity index (χ1) is 20.0. The fourth-order valence-corrected chi connectivity index (χ4v) is 5.56. The molecular formula is C31H35FN2O7. The standard InChI is InChI=1S/C31H35FN2O7/c1-36-22-11-9-20(26(15-22)38-3)17-34(18-21-10-12-23(37-2)16-27(21)39-4)30-33-31(24-7-5-6-8-25(24)32)13-14-40-29(31)28(19-35)41-30/h5-12,15-16,28-29,35H,13-14,17-19H2,1-4H3/t28-,29+,31-/m1/s1. The lowest BCUT2D eigenvalue weighted by molar-refractivity contribution is -0.0654. The maximum absolute atomic E-state index is 15.3. The van der Waals surface area contributed by atoms with Gasteiger partial charge in [-0.05, 0) is 30.3 Å². The Balaban J connectivity index is 1.63. The zero-order valence-electron chi connectivity index (χ0n) is 23.6. The fraction of sp³-hybridized carbons (Fsp3) is 0.387. The molecule has 0 bridgehead atoms. The topological polar surface area (TPSA) is 91.2 Å². The van der Waals surface area contributed by atoms with Crippen LogP contribution in [-0.2, 0) is 28.1 Å². The van der Waals surface area contributed by atoms with Gasteiger partial charge in [-0.3, -0.25) is 0 Å². The highest BCUT2D eigenvalue weighted by atomic mass is 19.1. The molecule has 10 heteroatoms. The molecule has 0 unspecified atom stereocenters. The van der Waals surface area contributed by atoms with Crippen molar-refractivity contribution >= 4 is 6.02 Å². The fourth-order valence-electron chi connectivity index (χ4n) is 5.56. The number of aliphatic imine (C=N–C) groups is 1. The number of aliphatic hydroxyl groups is 1. The highest BCUT2D eigenvalue weighted by Gasteiger charge is 2.55. The lowest BCUT2D eigenvalue weighted by Gasteiger charge is -2.42. The molecule has 1 fully saturated rings. The smallest absolute Gasteiger partial charge is 0.289 e. The van der Waals surface area contributed by atoms with Crippen molar-refractivity contribution in [3.05, 3.63) is 83.2 Å². The minimum atomic E-state index is -1.07. The van der Waals surface area contributed by atoms with Gasteiger partial charge in [0, 0.05) is 35.2 Å². The Hall–Kier alpha value is -4.02. The van der Waals surface area contributed by atoms with Crippen molar-refractivity contribution in [2.75, 3.05) is 41.7 Å². The monoisotopic (exact) mass is 566 g/mol. The second-order valence-electron chi connectivity index (χ2n) is 9.89. The Kier molecular flexibility index (Phi) is 8.51. The third-order valence-electron chi connectivity index (χ3n) is 7.64. The molecule has 2 aliphatic rings. The third-order valence-corrected chi connectivity index (χ3v) is 7.64. The molecule has 0 saturated carbocycles. The van der Waals surface area contributed by atoms with Gasteiger partial charge in [0.15, 0.2) is 6.10 Å². The summed E-state index contributed by atoms with van der Waals surface area (Å²) in [5.41, 5.74) is 1.03. The molecule has 9 nitrogen and oxygen atoms in total. The number of methoxy groups -OCH3 is 4. The Morgan fingerprint density at radius 3 is 2.05 bits per heavy atom. The number of hydrogen-bond acceptors (Lipinski definition) is 9. The summed E-state index contributed by atoms with van der Waals surface area (Å²) in [6.45, 7) is 0.663. The summed E-state index contributed by atoms with van der Waals surface area (Å²) in [4.78, 5) is 7.01. The van der Waals surface area contributed by atoms with Crippen molar-refractivity contribution in [2.24, 2.45) is 4.99 Å². The predicted molar refractivity (Wildman–Crippen MR) is 150 cm³/mol. The normalized spacial score (nSPS) is 21.4. The van der Waals surface area contributed by atoms with E-state index in [9.17, 15) is 5.11 Å². The van der Waals surface area contributed by atoms with Crippen molar-refractivity contribution in [1.29, 1.82) is 0 Å². The zero-order chi connectivity index (χ0) is 29.0. The number of ether oxygens (including phenoxy) is 6. The van der Waals surface area contributed by atoms with Crippen LogP contribution in [0.5, 0.6) is 23.0 Å². The SMILES string of the molecule is COc1ccc(CN(Cc2ccc(OC)cc2OC)C2=N[C@@]3(c4ccccc4F)CCO[C@H]3[C@@H](CO)O2)c(OC)c1. The average molecular weight is 567 g/mol. The molecule has 0 radical (unpaired) electrons. The zero-order valence-corrected chi connectivity index (χ0v) is 23.6. The van der Waals surface area contributed by atoms with Crippen LogP contribution in [0.1, 0.15) is 23.1 Å². The van der Waals surface area contributed by atoms with E-state index in [1.807, 2.05) is 41.3 Å². The lowest BCUT2D eigenvalue weighted by Crippen LogP contribution is -2.53. The van der Waals surface area contributed by atoms with E-state index < -0.39 is 17.7 Å². The molecular weight excluding hydrogens is 531 g/mol. The van der Waals surface area contributed by atoms with Crippen molar-refractivity contribution in [1.82, 2.24) is 4.90 Å². The van der Waals surface area contributed by atoms with Crippen LogP contribution in [0.15, 0.2) is 65.7 Å². The second-order valence-corrected chi connectivity index (χ2v) is 9.89. The predicted octanol–water partition coefficient (Wildman–Crippen LogP) is 4.29. The molecule has 0 spiro atoms. The molecule has 5 rings (SSSR count). The van der Waals surface area contributed by atoms with Crippen LogP contribution in [0.25, 0.3) is 0 Å². The van der Waals surface area contributed by atoms with E-state index in [1.54, 1.807) is 46.6 Å². The van der Waals surface area contributed by atoms with Crippen LogP contribution >= 0.6 is 0 Å². The first-order valence-corrected chi connectivity index (χ1v) is 13.4. The molecule has 2 heterocycles. The van der Waals surface area contributed by atoms with Gasteiger partial charge in [0.25, 0.3) is 6.02 Å². The molecule has 0 aliphatic carbocycles. The van der Waals surface area contributed by atoms with Gasteiger partial charge in [-0.2, -0.15) is 0 Å². The van der Waals surface area contributed by atoms with Gasteiger partial charge in [-0.1, -0.05) is 18.2 Å². The summed E-state index contributed by atoms with van der Waals surface area (Å²) in [5, 5.41) is 10.4. The summed E-state index contributed by atoms with van der Waals surface area (Å²) in [5.74, 6) is 2.18. The van der Waals surface area contributed by atoms with Crippen LogP contribution in [0.2, 0.25) is 0 Å². The Morgan fingerprint density at radius 2 is 1.51 bits per heavy atom. The van der Waals surface area contributed by atoms with Crippen LogP contribution in [0, 0.1) is 5.82 Å². The molecule has 1 saturated heterocycles. The van der Waals surface area contributed by atoms with E-state index in [4.69, 9.17) is 33.4 Å². The molecule has 3 aromatic rings. The number of benzene rings is 3. The molecule has 0 amide bonds. The van der Waals surface area contributed by atoms with Gasteiger partial charge >= 0.3 is 0 Å². The van der Waals surface area contributed by atoms with Crippen molar-refractivity contribution < 1.29 is 37.9 Å². The number of hydrogen-bond donors (Lipinski definition) is 1. The van der Waals surface area contributed by atoms with Gasteiger partial charge in [0.05, 0.1) is 54.7 Å². The summed E-state index contributed by atoms with van der Waals surface area (Å²) >= 11 is 0. The average Bonchev–Trinajstić information content (AvgIpc) is 3.45. The van der Waals surface area contributed by atoms with E-state index in [0.717, 1.165) is 11.1 Å². The highest BCUT2D eigenvalue weighted by Crippen LogP contribution is 2.46. The van der Waals surface area contributed by atoms with Crippen LogP contribution in [0.4, 0.5) is 4.39 Å². The minimum absolute atomic E-state index is 0.254. The van der Waals surface area contributed by atoms with E-state index in [0.29, 0.717) is 54.7 Å². The van der Waals surface area contributed by atoms with Crippen molar-refractivity contribution in [3.63, 3.8) is 0 Å². The van der Waals surface area contributed by atoms with Crippen LogP contribution in [-0.4, -0.2) is 69.9 Å². The molecule has 3 atom stereocenters. The number of rotatable bonds is 10. The van der Waals surface area contributed by atoms with Crippen molar-refractivity contribution in [3.8, 4) is 23.0 Å². The summed E-state index contributed by atoms with van der Waals surface area (Å²) in [7, 11) is 6.38. The van der Waals surface area contributed by atoms with E-state index in [-0.39, 0.29) is 18.4 Å². The maximum Gasteiger partial charge on any atom is 0.289 e. The number of fused-ring (bicyclic) bond motifs is 1. The van der Waals surface area contributed by atoms with E-state index in [2.05, 4.69) is 0 Å². The summed E-state index contributed by atoms with van der Waals surface area (Å²) < 4.78 is 49.8. The maximum atomic E-state index is 15.3. The van der Waals surface area contributed by atoms with Crippen LogP contribution < -0.4 is 18.9 Å². The van der Waals surface area contributed by atoms with Gasteiger partial charge in [0.2, 0.25) is 0 Å². The number of aliphatic hydroxyl groups excluding tert-OH is 1. The van der Waals surface area contributed by atoms with E-state index >= 15 is 4.39 Å². The molecule has 3 aromatic carbocycles. The first-order valence-electron chi connectivity index (χ1n) is 13.4. The van der Waals surface area contributed by atoms with Gasteiger partial charge in [0.1, 0.15) is 40.5 Å². The van der Waals surface area contributed by atoms with Gasteiger partial charge in [-0.15, -0.1) is 0 Å². The van der Waals surface area contributed by atoms with E-state index in [1.165, 1.54) is 6.07 Å². The Bertz CT molecular complexity index is 1340. The largest absolute Gasteiger partial charge is 0.497 e. The number of nitrogens with zero attached hydrogens (tertiary/aromatic N) is 2. The van der Waals surface area contributed by atoms with Gasteiger partial charge in [-0.25, -0.2) is 9.38 Å². The lowest BCUT2D eigenvalue weighted by atomic mass is 9.80. The quantitative estimate of drug-likeness (QED) is 0.389.